The summed E-state index contributed by atoms with van der Waals surface area (Å²) in [6, 6.07) is 11.1. The largest absolute Gasteiger partial charge is 0.484 e. The number of fused-ring (bicyclic) bond motifs is 1. The Balaban J connectivity index is 1.52. The zero-order valence-electron chi connectivity index (χ0n) is 12.5. The predicted octanol–water partition coefficient (Wildman–Crippen LogP) is 2.97. The van der Waals surface area contributed by atoms with Gasteiger partial charge in [-0.2, -0.15) is 0 Å². The summed E-state index contributed by atoms with van der Waals surface area (Å²) in [7, 11) is 0. The molecule has 6 heteroatoms. The number of oxazole rings is 1. The molecule has 0 aliphatic carbocycles. The second-order valence-electron chi connectivity index (χ2n) is 5.05. The Bertz CT molecular complexity index is 827. The number of rotatable bonds is 5. The van der Waals surface area contributed by atoms with Gasteiger partial charge in [0.25, 0.3) is 5.91 Å². The van der Waals surface area contributed by atoms with E-state index in [-0.39, 0.29) is 18.3 Å². The van der Waals surface area contributed by atoms with Crippen molar-refractivity contribution in [3.63, 3.8) is 0 Å². The van der Waals surface area contributed by atoms with Crippen LogP contribution in [0.3, 0.4) is 0 Å². The van der Waals surface area contributed by atoms with E-state index in [2.05, 4.69) is 10.3 Å². The van der Waals surface area contributed by atoms with E-state index in [0.29, 0.717) is 18.2 Å². The van der Waals surface area contributed by atoms with Crippen molar-refractivity contribution < 1.29 is 18.3 Å². The summed E-state index contributed by atoms with van der Waals surface area (Å²) in [6.07, 6.45) is 0. The molecular weight excluding hydrogens is 299 g/mol. The maximum Gasteiger partial charge on any atom is 0.258 e. The van der Waals surface area contributed by atoms with Gasteiger partial charge in [-0.05, 0) is 42.0 Å². The zero-order valence-corrected chi connectivity index (χ0v) is 12.5. The van der Waals surface area contributed by atoms with Crippen molar-refractivity contribution in [1.29, 1.82) is 0 Å². The fourth-order valence-corrected chi connectivity index (χ4v) is 2.13. The summed E-state index contributed by atoms with van der Waals surface area (Å²) in [6.45, 7) is 2.03. The molecule has 3 aromatic rings. The Kier molecular flexibility index (Phi) is 4.23. The third kappa shape index (κ3) is 3.85. The molecule has 0 saturated carbocycles. The van der Waals surface area contributed by atoms with Crippen LogP contribution in [0.5, 0.6) is 5.75 Å². The minimum atomic E-state index is -0.347. The highest BCUT2D eigenvalue weighted by molar-refractivity contribution is 5.78. The molecule has 0 saturated heterocycles. The summed E-state index contributed by atoms with van der Waals surface area (Å²) in [5.74, 6) is 0.445. The van der Waals surface area contributed by atoms with E-state index in [9.17, 15) is 9.18 Å². The van der Waals surface area contributed by atoms with Gasteiger partial charge >= 0.3 is 0 Å². The Labute approximate surface area is 132 Å². The standard InChI is InChI=1S/C17H15FN2O3/c1-11-20-15-8-12(2-7-16(15)23-11)9-19-17(21)10-22-14-5-3-13(18)4-6-14/h2-8H,9-10H2,1H3,(H,19,21). The first-order valence-corrected chi connectivity index (χ1v) is 7.11. The van der Waals surface area contributed by atoms with Crippen LogP contribution in [0.4, 0.5) is 4.39 Å². The molecule has 0 aliphatic rings. The lowest BCUT2D eigenvalue weighted by Crippen LogP contribution is -2.28. The van der Waals surface area contributed by atoms with E-state index >= 15 is 0 Å². The first-order chi connectivity index (χ1) is 11.1. The second kappa shape index (κ2) is 6.48. The molecule has 118 valence electrons. The van der Waals surface area contributed by atoms with Crippen molar-refractivity contribution in [2.75, 3.05) is 6.61 Å². The van der Waals surface area contributed by atoms with Gasteiger partial charge in [0.05, 0.1) is 0 Å². The number of halogens is 1. The van der Waals surface area contributed by atoms with E-state index in [1.165, 1.54) is 24.3 Å². The van der Waals surface area contributed by atoms with Gasteiger partial charge in [-0.25, -0.2) is 9.37 Å². The number of hydrogen-bond acceptors (Lipinski definition) is 4. The molecule has 1 aromatic heterocycles. The fraction of sp³-hybridized carbons (Fsp3) is 0.176. The summed E-state index contributed by atoms with van der Waals surface area (Å²) in [5.41, 5.74) is 2.40. The van der Waals surface area contributed by atoms with Gasteiger partial charge in [0, 0.05) is 13.5 Å². The Morgan fingerprint density at radius 1 is 1.26 bits per heavy atom. The minimum absolute atomic E-state index is 0.128. The first kappa shape index (κ1) is 15.0. The molecule has 0 atom stereocenters. The van der Waals surface area contributed by atoms with Crippen LogP contribution in [0.1, 0.15) is 11.5 Å². The second-order valence-corrected chi connectivity index (χ2v) is 5.05. The number of aryl methyl sites for hydroxylation is 1. The minimum Gasteiger partial charge on any atom is -0.484 e. The number of ether oxygens (including phenoxy) is 1. The van der Waals surface area contributed by atoms with Crippen LogP contribution in [-0.2, 0) is 11.3 Å². The van der Waals surface area contributed by atoms with Crippen LogP contribution in [0, 0.1) is 12.7 Å². The van der Waals surface area contributed by atoms with Crippen LogP contribution in [0.2, 0.25) is 0 Å². The third-order valence-corrected chi connectivity index (χ3v) is 3.23. The molecule has 0 bridgehead atoms. The normalized spacial score (nSPS) is 10.7. The van der Waals surface area contributed by atoms with Gasteiger partial charge < -0.3 is 14.5 Å². The number of nitrogens with zero attached hydrogens (tertiary/aromatic N) is 1. The molecule has 3 rings (SSSR count). The van der Waals surface area contributed by atoms with Gasteiger partial charge in [-0.1, -0.05) is 6.07 Å². The highest BCUT2D eigenvalue weighted by Gasteiger charge is 2.06. The quantitative estimate of drug-likeness (QED) is 0.786. The number of carbonyl (C=O) groups is 1. The summed E-state index contributed by atoms with van der Waals surface area (Å²) in [5, 5.41) is 2.76. The predicted molar refractivity (Wildman–Crippen MR) is 82.5 cm³/mol. The monoisotopic (exact) mass is 314 g/mol. The zero-order chi connectivity index (χ0) is 16.2. The number of hydrogen-bond donors (Lipinski definition) is 1. The Hall–Kier alpha value is -2.89. The Morgan fingerprint density at radius 2 is 2.04 bits per heavy atom. The van der Waals surface area contributed by atoms with Crippen LogP contribution in [-0.4, -0.2) is 17.5 Å². The first-order valence-electron chi connectivity index (χ1n) is 7.11. The molecule has 1 amide bonds. The lowest BCUT2D eigenvalue weighted by molar-refractivity contribution is -0.123. The van der Waals surface area contributed by atoms with E-state index < -0.39 is 0 Å². The number of amides is 1. The van der Waals surface area contributed by atoms with Crippen LogP contribution in [0.25, 0.3) is 11.1 Å². The van der Waals surface area contributed by atoms with E-state index in [4.69, 9.17) is 9.15 Å². The lowest BCUT2D eigenvalue weighted by Gasteiger charge is -2.07. The van der Waals surface area contributed by atoms with Gasteiger partial charge in [-0.15, -0.1) is 0 Å². The summed E-state index contributed by atoms with van der Waals surface area (Å²) >= 11 is 0. The number of nitrogens with one attached hydrogen (secondary N) is 1. The molecule has 0 spiro atoms. The van der Waals surface area contributed by atoms with Crippen LogP contribution in [0.15, 0.2) is 46.9 Å². The van der Waals surface area contributed by atoms with Crippen LogP contribution < -0.4 is 10.1 Å². The molecule has 0 fully saturated rings. The van der Waals surface area contributed by atoms with E-state index in [0.717, 1.165) is 16.7 Å². The fourth-order valence-electron chi connectivity index (χ4n) is 2.13. The van der Waals surface area contributed by atoms with E-state index in [1.54, 1.807) is 6.92 Å². The van der Waals surface area contributed by atoms with Crippen molar-refractivity contribution >= 4 is 17.0 Å². The molecule has 0 radical (unpaired) electrons. The number of benzene rings is 2. The van der Waals surface area contributed by atoms with Crippen molar-refractivity contribution in [1.82, 2.24) is 10.3 Å². The molecular formula is C17H15FN2O3. The van der Waals surface area contributed by atoms with Crippen molar-refractivity contribution in [2.45, 2.75) is 13.5 Å². The molecule has 5 nitrogen and oxygen atoms in total. The van der Waals surface area contributed by atoms with Gasteiger partial charge in [-0.3, -0.25) is 4.79 Å². The molecule has 1 heterocycles. The SMILES string of the molecule is Cc1nc2cc(CNC(=O)COc3ccc(F)cc3)ccc2o1. The lowest BCUT2D eigenvalue weighted by atomic mass is 10.2. The molecule has 0 unspecified atom stereocenters. The van der Waals surface area contributed by atoms with Crippen molar-refractivity contribution in [3.05, 3.63) is 59.7 Å². The molecule has 1 N–H and O–H groups in total. The van der Waals surface area contributed by atoms with Gasteiger partial charge in [0.15, 0.2) is 18.1 Å². The number of carbonyl (C=O) groups excluding carboxylic acids is 1. The molecule has 0 aliphatic heterocycles. The van der Waals surface area contributed by atoms with Gasteiger partial charge in [0.1, 0.15) is 17.1 Å². The van der Waals surface area contributed by atoms with Crippen molar-refractivity contribution in [2.24, 2.45) is 0 Å². The van der Waals surface area contributed by atoms with Crippen molar-refractivity contribution in [3.8, 4) is 5.75 Å². The maximum absolute atomic E-state index is 12.8. The Morgan fingerprint density at radius 3 is 2.83 bits per heavy atom. The molecule has 23 heavy (non-hydrogen) atoms. The van der Waals surface area contributed by atoms with E-state index in [1.807, 2.05) is 18.2 Å². The average Bonchev–Trinajstić information content (AvgIpc) is 2.91. The highest BCUT2D eigenvalue weighted by Crippen LogP contribution is 2.16. The van der Waals surface area contributed by atoms with Gasteiger partial charge in [0.2, 0.25) is 0 Å². The third-order valence-electron chi connectivity index (χ3n) is 3.23. The van der Waals surface area contributed by atoms with Crippen LogP contribution >= 0.6 is 0 Å². The smallest absolute Gasteiger partial charge is 0.258 e. The maximum atomic E-state index is 12.8. The summed E-state index contributed by atoms with van der Waals surface area (Å²) in [4.78, 5) is 16.0. The summed E-state index contributed by atoms with van der Waals surface area (Å²) < 4.78 is 23.4. The topological polar surface area (TPSA) is 64.4 Å². The average molecular weight is 314 g/mol. The highest BCUT2D eigenvalue weighted by atomic mass is 19.1. The number of aromatic nitrogens is 1. The molecule has 2 aromatic carbocycles.